The number of thiophene rings is 1. The predicted molar refractivity (Wildman–Crippen MR) is 110 cm³/mol. The van der Waals surface area contributed by atoms with Crippen molar-refractivity contribution in [3.8, 4) is 11.5 Å². The van der Waals surface area contributed by atoms with E-state index in [1.165, 1.54) is 16.9 Å². The second kappa shape index (κ2) is 8.93. The highest BCUT2D eigenvalue weighted by Crippen LogP contribution is 2.28. The smallest absolute Gasteiger partial charge is 0.265 e. The third-order valence-electron chi connectivity index (χ3n) is 4.02. The molecule has 1 aromatic heterocycles. The molecule has 0 unspecified atom stereocenters. The number of halogens is 1. The summed E-state index contributed by atoms with van der Waals surface area (Å²) >= 11 is 7.47. The zero-order chi connectivity index (χ0) is 19.2. The van der Waals surface area contributed by atoms with E-state index in [-0.39, 0.29) is 5.91 Å². The quantitative estimate of drug-likeness (QED) is 0.543. The number of rotatable bonds is 7. The maximum absolute atomic E-state index is 12.4. The number of aryl methyl sites for hydroxylation is 1. The van der Waals surface area contributed by atoms with Crippen LogP contribution in [0.3, 0.4) is 0 Å². The molecule has 0 atom stereocenters. The van der Waals surface area contributed by atoms with Gasteiger partial charge in [-0.05, 0) is 53.8 Å². The molecule has 1 heterocycles. The van der Waals surface area contributed by atoms with Gasteiger partial charge in [0.2, 0.25) is 0 Å². The Hall–Kier alpha value is -2.50. The summed E-state index contributed by atoms with van der Waals surface area (Å²) < 4.78 is 10.9. The first-order valence-electron chi connectivity index (χ1n) is 8.53. The average Bonchev–Trinajstić information content (AvgIpc) is 3.16. The van der Waals surface area contributed by atoms with Crippen molar-refractivity contribution < 1.29 is 14.3 Å². The fourth-order valence-corrected chi connectivity index (χ4v) is 3.54. The van der Waals surface area contributed by atoms with Gasteiger partial charge in [-0.2, -0.15) is 0 Å². The minimum absolute atomic E-state index is 0.181. The topological polar surface area (TPSA) is 47.6 Å². The summed E-state index contributed by atoms with van der Waals surface area (Å²) in [5.74, 6) is 1.20. The number of methoxy groups -OCH3 is 1. The molecule has 0 aliphatic heterocycles. The van der Waals surface area contributed by atoms with Crippen LogP contribution in [0.1, 0.15) is 27.7 Å². The monoisotopic (exact) mass is 401 g/mol. The van der Waals surface area contributed by atoms with Crippen molar-refractivity contribution in [1.82, 2.24) is 0 Å². The maximum Gasteiger partial charge on any atom is 0.265 e. The Morgan fingerprint density at radius 3 is 2.56 bits per heavy atom. The lowest BCUT2D eigenvalue weighted by atomic mass is 10.2. The zero-order valence-electron chi connectivity index (χ0n) is 15.1. The summed E-state index contributed by atoms with van der Waals surface area (Å²) in [4.78, 5) is 13.0. The van der Waals surface area contributed by atoms with E-state index in [2.05, 4.69) is 24.4 Å². The summed E-state index contributed by atoms with van der Waals surface area (Å²) in [6, 6.07) is 15.0. The fraction of sp³-hybridized carbons (Fsp3) is 0.190. The van der Waals surface area contributed by atoms with Crippen LogP contribution in [0.5, 0.6) is 11.5 Å². The predicted octanol–water partition coefficient (Wildman–Crippen LogP) is 5.80. The highest BCUT2D eigenvalue weighted by Gasteiger charge is 2.11. The molecule has 0 aliphatic carbocycles. The lowest BCUT2D eigenvalue weighted by Gasteiger charge is -2.07. The van der Waals surface area contributed by atoms with E-state index in [1.54, 1.807) is 25.3 Å². The number of anilines is 1. The Morgan fingerprint density at radius 2 is 1.89 bits per heavy atom. The Balaban J connectivity index is 1.59. The lowest BCUT2D eigenvalue weighted by molar-refractivity contribution is 0.103. The van der Waals surface area contributed by atoms with E-state index in [0.29, 0.717) is 27.9 Å². The molecule has 0 saturated heterocycles. The molecule has 3 rings (SSSR count). The van der Waals surface area contributed by atoms with Crippen LogP contribution in [-0.4, -0.2) is 13.0 Å². The molecule has 0 aliphatic rings. The van der Waals surface area contributed by atoms with Crippen LogP contribution in [0, 0.1) is 0 Å². The van der Waals surface area contributed by atoms with E-state index in [1.807, 2.05) is 23.6 Å². The minimum atomic E-state index is -0.181. The molecular weight excluding hydrogens is 382 g/mol. The SMILES string of the molecule is CCc1ccc(OCc2csc(C(=O)Nc3ccc(OC)c(Cl)c3)c2)cc1. The van der Waals surface area contributed by atoms with Gasteiger partial charge >= 0.3 is 0 Å². The van der Waals surface area contributed by atoms with Gasteiger partial charge in [0.25, 0.3) is 5.91 Å². The van der Waals surface area contributed by atoms with Gasteiger partial charge in [0, 0.05) is 11.3 Å². The van der Waals surface area contributed by atoms with Crippen LogP contribution in [-0.2, 0) is 13.0 Å². The van der Waals surface area contributed by atoms with Crippen molar-refractivity contribution in [2.45, 2.75) is 20.0 Å². The van der Waals surface area contributed by atoms with Crippen LogP contribution in [0.25, 0.3) is 0 Å². The van der Waals surface area contributed by atoms with Crippen molar-refractivity contribution in [2.24, 2.45) is 0 Å². The van der Waals surface area contributed by atoms with Crippen LogP contribution < -0.4 is 14.8 Å². The number of carbonyl (C=O) groups is 1. The minimum Gasteiger partial charge on any atom is -0.495 e. The first-order valence-corrected chi connectivity index (χ1v) is 9.79. The summed E-state index contributed by atoms with van der Waals surface area (Å²) in [5.41, 5.74) is 2.85. The van der Waals surface area contributed by atoms with Crippen molar-refractivity contribution in [3.05, 3.63) is 74.9 Å². The number of hydrogen-bond acceptors (Lipinski definition) is 4. The van der Waals surface area contributed by atoms with Gasteiger partial charge in [0.15, 0.2) is 0 Å². The van der Waals surface area contributed by atoms with Gasteiger partial charge in [0.1, 0.15) is 18.1 Å². The number of ether oxygens (including phenoxy) is 2. The second-order valence-electron chi connectivity index (χ2n) is 5.91. The van der Waals surface area contributed by atoms with Gasteiger partial charge < -0.3 is 14.8 Å². The molecule has 27 heavy (non-hydrogen) atoms. The van der Waals surface area contributed by atoms with E-state index in [0.717, 1.165) is 17.7 Å². The molecule has 1 amide bonds. The molecule has 0 saturated carbocycles. The van der Waals surface area contributed by atoms with E-state index in [4.69, 9.17) is 21.1 Å². The summed E-state index contributed by atoms with van der Waals surface area (Å²) in [6.45, 7) is 2.54. The highest BCUT2D eigenvalue weighted by molar-refractivity contribution is 7.12. The van der Waals surface area contributed by atoms with Crippen LogP contribution in [0.2, 0.25) is 5.02 Å². The molecule has 0 radical (unpaired) electrons. The average molecular weight is 402 g/mol. The standard InChI is InChI=1S/C21H20ClNO3S/c1-3-14-4-7-17(8-5-14)26-12-15-10-20(27-13-15)21(24)23-16-6-9-19(25-2)18(22)11-16/h4-11,13H,3,12H2,1-2H3,(H,23,24). The molecule has 1 N–H and O–H groups in total. The van der Waals surface area contributed by atoms with E-state index < -0.39 is 0 Å². The second-order valence-corrected chi connectivity index (χ2v) is 7.23. The zero-order valence-corrected chi connectivity index (χ0v) is 16.7. The molecule has 2 aromatic carbocycles. The van der Waals surface area contributed by atoms with Crippen LogP contribution in [0.15, 0.2) is 53.9 Å². The number of nitrogens with one attached hydrogen (secondary N) is 1. The third kappa shape index (κ3) is 5.02. The summed E-state index contributed by atoms with van der Waals surface area (Å²) in [6.07, 6.45) is 1.00. The molecule has 0 bridgehead atoms. The molecule has 140 valence electrons. The fourth-order valence-electron chi connectivity index (χ4n) is 2.50. The van der Waals surface area contributed by atoms with Crippen LogP contribution >= 0.6 is 22.9 Å². The number of hydrogen-bond donors (Lipinski definition) is 1. The number of carbonyl (C=O) groups excluding carboxylic acids is 1. The molecule has 0 fully saturated rings. The lowest BCUT2D eigenvalue weighted by Crippen LogP contribution is -2.10. The van der Waals surface area contributed by atoms with E-state index >= 15 is 0 Å². The van der Waals surface area contributed by atoms with E-state index in [9.17, 15) is 4.79 Å². The Bertz CT molecular complexity index is 921. The summed E-state index contributed by atoms with van der Waals surface area (Å²) in [5, 5.41) is 5.22. The first kappa shape index (κ1) is 19.3. The van der Waals surface area contributed by atoms with Gasteiger partial charge in [-0.15, -0.1) is 11.3 Å². The Kier molecular flexibility index (Phi) is 6.37. The molecule has 4 nitrogen and oxygen atoms in total. The van der Waals surface area contributed by atoms with Crippen LogP contribution in [0.4, 0.5) is 5.69 Å². The molecule has 3 aromatic rings. The van der Waals surface area contributed by atoms with Gasteiger partial charge in [-0.3, -0.25) is 4.79 Å². The molecule has 0 spiro atoms. The van der Waals surface area contributed by atoms with Crippen molar-refractivity contribution in [2.75, 3.05) is 12.4 Å². The normalized spacial score (nSPS) is 10.5. The first-order chi connectivity index (χ1) is 13.1. The van der Waals surface area contributed by atoms with Gasteiger partial charge in [-0.1, -0.05) is 30.7 Å². The van der Waals surface area contributed by atoms with Crippen molar-refractivity contribution in [1.29, 1.82) is 0 Å². The van der Waals surface area contributed by atoms with Gasteiger partial charge in [-0.25, -0.2) is 0 Å². The molecular formula is C21H20ClNO3S. The largest absolute Gasteiger partial charge is 0.495 e. The maximum atomic E-state index is 12.4. The van der Waals surface area contributed by atoms with Crippen molar-refractivity contribution in [3.63, 3.8) is 0 Å². The summed E-state index contributed by atoms with van der Waals surface area (Å²) in [7, 11) is 1.55. The number of benzene rings is 2. The number of amides is 1. The Labute approximate surface area is 167 Å². The highest BCUT2D eigenvalue weighted by atomic mass is 35.5. The third-order valence-corrected chi connectivity index (χ3v) is 5.30. The van der Waals surface area contributed by atoms with Crippen molar-refractivity contribution >= 4 is 34.5 Å². The Morgan fingerprint density at radius 1 is 1.11 bits per heavy atom. The van der Waals surface area contributed by atoms with Gasteiger partial charge in [0.05, 0.1) is 17.0 Å². The molecule has 6 heteroatoms.